The summed E-state index contributed by atoms with van der Waals surface area (Å²) >= 11 is 7.32. The Labute approximate surface area is 160 Å². The van der Waals surface area contributed by atoms with Crippen LogP contribution in [0.4, 0.5) is 5.13 Å². The number of Topliss-reactive ketones (excluding diaryl/α,β-unsaturated/α-hetero) is 1. The lowest BCUT2D eigenvalue weighted by Gasteiger charge is -2.01. The third kappa shape index (κ3) is 3.86. The Balaban J connectivity index is 1.73. The Kier molecular flexibility index (Phi) is 5.25. The summed E-state index contributed by atoms with van der Waals surface area (Å²) in [6, 6.07) is 7.64. The smallest absolute Gasteiger partial charge is 0.274 e. The molecule has 0 bridgehead atoms. The predicted octanol–water partition coefficient (Wildman–Crippen LogP) is 4.79. The van der Waals surface area contributed by atoms with Gasteiger partial charge >= 0.3 is 0 Å². The number of ketones is 1. The average molecular weight is 388 g/mol. The zero-order chi connectivity index (χ0) is 18.8. The number of nitrogens with zero attached hydrogens (tertiary/aromatic N) is 1. The molecule has 3 rings (SSSR count). The number of amides is 1. The Morgan fingerprint density at radius 3 is 2.54 bits per heavy atom. The summed E-state index contributed by atoms with van der Waals surface area (Å²) in [5.74, 6) is -0.361. The highest BCUT2D eigenvalue weighted by atomic mass is 35.5. The van der Waals surface area contributed by atoms with Gasteiger partial charge in [0.05, 0.1) is 0 Å². The third-order valence-electron chi connectivity index (χ3n) is 4.08. The number of aromatic nitrogens is 2. The lowest BCUT2D eigenvalue weighted by molar-refractivity contribution is 0.101. The summed E-state index contributed by atoms with van der Waals surface area (Å²) in [4.78, 5) is 32.5. The van der Waals surface area contributed by atoms with Crippen LogP contribution in [0.2, 0.25) is 5.02 Å². The molecule has 5 nitrogen and oxygen atoms in total. The number of aromatic amines is 1. The molecule has 0 aliphatic heterocycles. The van der Waals surface area contributed by atoms with Crippen LogP contribution >= 0.6 is 22.9 Å². The maximum atomic E-state index is 12.5. The van der Waals surface area contributed by atoms with Gasteiger partial charge < -0.3 is 4.98 Å². The molecule has 7 heteroatoms. The van der Waals surface area contributed by atoms with Crippen LogP contribution < -0.4 is 5.32 Å². The van der Waals surface area contributed by atoms with Crippen molar-refractivity contribution in [1.82, 2.24) is 9.97 Å². The molecule has 2 N–H and O–H groups in total. The van der Waals surface area contributed by atoms with E-state index in [1.165, 1.54) is 18.3 Å². The first-order valence-corrected chi connectivity index (χ1v) is 9.25. The number of hydrogen-bond donors (Lipinski definition) is 2. The van der Waals surface area contributed by atoms with E-state index < -0.39 is 0 Å². The molecule has 26 heavy (non-hydrogen) atoms. The van der Waals surface area contributed by atoms with Crippen molar-refractivity contribution >= 4 is 39.8 Å². The van der Waals surface area contributed by atoms with Crippen molar-refractivity contribution in [2.75, 3.05) is 5.32 Å². The minimum atomic E-state index is -0.300. The van der Waals surface area contributed by atoms with E-state index in [1.54, 1.807) is 20.0 Å². The van der Waals surface area contributed by atoms with Crippen molar-refractivity contribution in [2.24, 2.45) is 0 Å². The summed E-state index contributed by atoms with van der Waals surface area (Å²) in [6.45, 7) is 5.05. The molecule has 3 aromatic rings. The summed E-state index contributed by atoms with van der Waals surface area (Å²) < 4.78 is 0. The first-order chi connectivity index (χ1) is 12.3. The van der Waals surface area contributed by atoms with Crippen LogP contribution in [0, 0.1) is 13.8 Å². The van der Waals surface area contributed by atoms with E-state index in [-0.39, 0.29) is 11.7 Å². The van der Waals surface area contributed by atoms with E-state index >= 15 is 0 Å². The standard InChI is InChI=1S/C19H18ClN3O2S/c1-10-16(12(3)24)11(2)22-17(10)18(25)23-19-21-9-15(26-19)8-13-4-6-14(20)7-5-13/h4-7,9,22H,8H2,1-3H3,(H,21,23,25). The van der Waals surface area contributed by atoms with Crippen LogP contribution in [0.1, 0.15) is 49.5 Å². The Morgan fingerprint density at radius 1 is 1.23 bits per heavy atom. The highest BCUT2D eigenvalue weighted by Crippen LogP contribution is 2.24. The molecular weight excluding hydrogens is 370 g/mol. The minimum Gasteiger partial charge on any atom is -0.354 e. The number of hydrogen-bond acceptors (Lipinski definition) is 4. The maximum absolute atomic E-state index is 12.5. The number of halogens is 1. The van der Waals surface area contributed by atoms with Crippen molar-refractivity contribution in [3.05, 3.63) is 68.4 Å². The number of nitrogens with one attached hydrogen (secondary N) is 2. The Bertz CT molecular complexity index is 973. The SMILES string of the molecule is CC(=O)c1c(C)[nH]c(C(=O)Nc2ncc(Cc3ccc(Cl)cc3)s2)c1C. The molecule has 0 spiro atoms. The van der Waals surface area contributed by atoms with Gasteiger partial charge in [0.25, 0.3) is 5.91 Å². The topological polar surface area (TPSA) is 74.8 Å². The van der Waals surface area contributed by atoms with Crippen molar-refractivity contribution < 1.29 is 9.59 Å². The number of carbonyl (C=O) groups is 2. The van der Waals surface area contributed by atoms with Gasteiger partial charge in [0.2, 0.25) is 0 Å². The lowest BCUT2D eigenvalue weighted by Crippen LogP contribution is -2.13. The van der Waals surface area contributed by atoms with Crippen LogP contribution in [0.15, 0.2) is 30.5 Å². The van der Waals surface area contributed by atoms with Crippen molar-refractivity contribution in [3.63, 3.8) is 0 Å². The van der Waals surface area contributed by atoms with Crippen LogP contribution in [-0.2, 0) is 6.42 Å². The summed E-state index contributed by atoms with van der Waals surface area (Å²) in [6.07, 6.45) is 2.47. The molecule has 0 aliphatic rings. The number of anilines is 1. The lowest BCUT2D eigenvalue weighted by atomic mass is 10.1. The van der Waals surface area contributed by atoms with E-state index in [4.69, 9.17) is 11.6 Å². The zero-order valence-electron chi connectivity index (χ0n) is 14.6. The van der Waals surface area contributed by atoms with E-state index in [0.717, 1.165) is 16.9 Å². The van der Waals surface area contributed by atoms with E-state index in [0.29, 0.717) is 32.7 Å². The highest BCUT2D eigenvalue weighted by molar-refractivity contribution is 7.15. The van der Waals surface area contributed by atoms with Gasteiger partial charge in [0.15, 0.2) is 10.9 Å². The molecule has 0 unspecified atom stereocenters. The molecule has 0 aliphatic carbocycles. The van der Waals surface area contributed by atoms with Gasteiger partial charge in [-0.1, -0.05) is 23.7 Å². The number of aryl methyl sites for hydroxylation is 1. The normalized spacial score (nSPS) is 10.8. The first-order valence-electron chi connectivity index (χ1n) is 8.05. The van der Waals surface area contributed by atoms with Crippen LogP contribution in [0.25, 0.3) is 0 Å². The first kappa shape index (κ1) is 18.4. The number of H-pyrrole nitrogens is 1. The van der Waals surface area contributed by atoms with Crippen molar-refractivity contribution in [3.8, 4) is 0 Å². The van der Waals surface area contributed by atoms with Gasteiger partial charge in [0, 0.05) is 33.8 Å². The molecule has 2 heterocycles. The van der Waals surface area contributed by atoms with Gasteiger partial charge in [-0.25, -0.2) is 4.98 Å². The molecule has 0 atom stereocenters. The average Bonchev–Trinajstić information content (AvgIpc) is 3.13. The fraction of sp³-hybridized carbons (Fsp3) is 0.211. The molecule has 0 saturated carbocycles. The Hall–Kier alpha value is -2.44. The third-order valence-corrected chi connectivity index (χ3v) is 5.25. The molecule has 1 aromatic carbocycles. The van der Waals surface area contributed by atoms with Crippen LogP contribution in [0.3, 0.4) is 0 Å². The fourth-order valence-electron chi connectivity index (χ4n) is 2.92. The van der Waals surface area contributed by atoms with Gasteiger partial charge in [0.1, 0.15) is 5.69 Å². The molecular formula is C19H18ClN3O2S. The van der Waals surface area contributed by atoms with Gasteiger partial charge in [-0.3, -0.25) is 14.9 Å². The van der Waals surface area contributed by atoms with Crippen molar-refractivity contribution in [1.29, 1.82) is 0 Å². The molecule has 0 saturated heterocycles. The van der Waals surface area contributed by atoms with Crippen molar-refractivity contribution in [2.45, 2.75) is 27.2 Å². The molecule has 1 amide bonds. The molecule has 0 radical (unpaired) electrons. The highest BCUT2D eigenvalue weighted by Gasteiger charge is 2.20. The van der Waals surface area contributed by atoms with Gasteiger partial charge in [-0.05, 0) is 44.0 Å². The molecule has 134 valence electrons. The number of thiazole rings is 1. The van der Waals surface area contributed by atoms with E-state index in [1.807, 2.05) is 24.3 Å². The van der Waals surface area contributed by atoms with Crippen LogP contribution in [-0.4, -0.2) is 21.7 Å². The number of rotatable bonds is 5. The second-order valence-corrected chi connectivity index (χ2v) is 7.62. The Morgan fingerprint density at radius 2 is 1.92 bits per heavy atom. The summed E-state index contributed by atoms with van der Waals surface area (Å²) in [5, 5.41) is 4.02. The quantitative estimate of drug-likeness (QED) is 0.618. The fourth-order valence-corrected chi connectivity index (χ4v) is 3.88. The molecule has 0 fully saturated rings. The largest absolute Gasteiger partial charge is 0.354 e. The predicted molar refractivity (Wildman–Crippen MR) is 105 cm³/mol. The van der Waals surface area contributed by atoms with Gasteiger partial charge in [-0.15, -0.1) is 11.3 Å². The maximum Gasteiger partial charge on any atom is 0.274 e. The van der Waals surface area contributed by atoms with E-state index in [2.05, 4.69) is 15.3 Å². The number of benzene rings is 1. The van der Waals surface area contributed by atoms with Gasteiger partial charge in [-0.2, -0.15) is 0 Å². The second-order valence-electron chi connectivity index (χ2n) is 6.07. The summed E-state index contributed by atoms with van der Waals surface area (Å²) in [5.41, 5.74) is 3.44. The monoisotopic (exact) mass is 387 g/mol. The second kappa shape index (κ2) is 7.43. The van der Waals surface area contributed by atoms with E-state index in [9.17, 15) is 9.59 Å². The number of carbonyl (C=O) groups excluding carboxylic acids is 2. The van der Waals surface area contributed by atoms with Crippen LogP contribution in [0.5, 0.6) is 0 Å². The molecule has 2 aromatic heterocycles. The zero-order valence-corrected chi connectivity index (χ0v) is 16.2. The summed E-state index contributed by atoms with van der Waals surface area (Å²) in [7, 11) is 0. The minimum absolute atomic E-state index is 0.0604.